The fourth-order valence-corrected chi connectivity index (χ4v) is 4.50. The summed E-state index contributed by atoms with van der Waals surface area (Å²) in [5.41, 5.74) is 2.14. The summed E-state index contributed by atoms with van der Waals surface area (Å²) in [5, 5.41) is 0. The van der Waals surface area contributed by atoms with E-state index in [1.807, 2.05) is 13.0 Å². The number of nitrogens with zero attached hydrogens (tertiary/aromatic N) is 1. The van der Waals surface area contributed by atoms with Crippen LogP contribution >= 0.6 is 0 Å². The van der Waals surface area contributed by atoms with Crippen LogP contribution in [0.25, 0.3) is 0 Å². The predicted octanol–water partition coefficient (Wildman–Crippen LogP) is 4.40. The first-order valence-electron chi connectivity index (χ1n) is 9.24. The van der Waals surface area contributed by atoms with Gasteiger partial charge in [-0.3, -0.25) is 9.52 Å². The van der Waals surface area contributed by atoms with Crippen LogP contribution in [0.4, 0.5) is 11.4 Å². The van der Waals surface area contributed by atoms with Crippen molar-refractivity contribution in [2.45, 2.75) is 12.7 Å². The summed E-state index contributed by atoms with van der Waals surface area (Å²) < 4.78 is 33.7. The van der Waals surface area contributed by atoms with E-state index in [2.05, 4.69) is 4.72 Å². The van der Waals surface area contributed by atoms with Gasteiger partial charge in [-0.15, -0.1) is 0 Å². The zero-order valence-corrected chi connectivity index (χ0v) is 16.6. The number of para-hydroxylation sites is 1. The molecule has 0 spiro atoms. The SMILES string of the molecule is CCN1C(=O)c2ccccc2Oc2cc(NS(=O)(=O)Cc3ccccc3)ccc21. The number of carbonyl (C=O) groups is 1. The Morgan fingerprint density at radius 2 is 1.66 bits per heavy atom. The highest BCUT2D eigenvalue weighted by atomic mass is 32.2. The molecule has 0 aromatic heterocycles. The van der Waals surface area contributed by atoms with Crippen LogP contribution in [-0.2, 0) is 15.8 Å². The fourth-order valence-electron chi connectivity index (χ4n) is 3.31. The Morgan fingerprint density at radius 3 is 2.41 bits per heavy atom. The van der Waals surface area contributed by atoms with Crippen LogP contribution in [-0.4, -0.2) is 20.9 Å². The summed E-state index contributed by atoms with van der Waals surface area (Å²) in [6.45, 7) is 2.34. The molecule has 7 heteroatoms. The second-order valence-corrected chi connectivity index (χ2v) is 8.40. The number of anilines is 2. The van der Waals surface area contributed by atoms with E-state index in [1.165, 1.54) is 0 Å². The summed E-state index contributed by atoms with van der Waals surface area (Å²) in [5.74, 6) is 0.581. The van der Waals surface area contributed by atoms with Crippen LogP contribution in [0.15, 0.2) is 72.8 Å². The number of nitrogens with one attached hydrogen (secondary N) is 1. The Hall–Kier alpha value is -3.32. The molecule has 3 aromatic rings. The third kappa shape index (κ3) is 3.95. The Kier molecular flexibility index (Phi) is 4.98. The average molecular weight is 408 g/mol. The van der Waals surface area contributed by atoms with Crippen LogP contribution in [0, 0.1) is 0 Å². The van der Waals surface area contributed by atoms with Crippen LogP contribution in [0.1, 0.15) is 22.8 Å². The molecule has 1 heterocycles. The molecule has 0 saturated heterocycles. The zero-order chi connectivity index (χ0) is 20.4. The van der Waals surface area contributed by atoms with E-state index in [0.29, 0.717) is 40.5 Å². The van der Waals surface area contributed by atoms with E-state index in [1.54, 1.807) is 71.6 Å². The number of carbonyl (C=O) groups excluding carboxylic acids is 1. The van der Waals surface area contributed by atoms with Gasteiger partial charge in [-0.05, 0) is 36.8 Å². The Bertz CT molecular complexity index is 1160. The number of ether oxygens (including phenoxy) is 1. The quantitative estimate of drug-likeness (QED) is 0.679. The van der Waals surface area contributed by atoms with Gasteiger partial charge in [-0.2, -0.15) is 0 Å². The maximum Gasteiger partial charge on any atom is 0.262 e. The highest BCUT2D eigenvalue weighted by molar-refractivity contribution is 7.91. The molecule has 1 amide bonds. The van der Waals surface area contributed by atoms with Crippen molar-refractivity contribution in [3.05, 3.63) is 83.9 Å². The second-order valence-electron chi connectivity index (χ2n) is 6.68. The van der Waals surface area contributed by atoms with Gasteiger partial charge >= 0.3 is 0 Å². The van der Waals surface area contributed by atoms with E-state index >= 15 is 0 Å². The van der Waals surface area contributed by atoms with E-state index in [9.17, 15) is 13.2 Å². The molecular weight excluding hydrogens is 388 g/mol. The number of benzene rings is 3. The Labute approximate surface area is 169 Å². The van der Waals surface area contributed by atoms with Gasteiger partial charge in [0, 0.05) is 12.6 Å². The molecule has 0 radical (unpaired) electrons. The van der Waals surface area contributed by atoms with Crippen molar-refractivity contribution >= 4 is 27.3 Å². The standard InChI is InChI=1S/C22H20N2O4S/c1-2-24-19-13-12-17(23-29(26,27)15-16-8-4-3-5-9-16)14-21(19)28-20-11-7-6-10-18(20)22(24)25/h3-14,23H,2,15H2,1H3. The molecule has 3 aromatic carbocycles. The highest BCUT2D eigenvalue weighted by Crippen LogP contribution is 2.40. The number of amides is 1. The van der Waals surface area contributed by atoms with Crippen molar-refractivity contribution in [1.82, 2.24) is 0 Å². The number of rotatable bonds is 5. The van der Waals surface area contributed by atoms with E-state index in [-0.39, 0.29) is 11.7 Å². The first kappa shape index (κ1) is 19.0. The maximum atomic E-state index is 12.9. The second kappa shape index (κ2) is 7.60. The molecule has 0 fully saturated rings. The van der Waals surface area contributed by atoms with Crippen molar-refractivity contribution in [2.24, 2.45) is 0 Å². The summed E-state index contributed by atoms with van der Waals surface area (Å²) in [6, 6.07) is 20.9. The van der Waals surface area contributed by atoms with Crippen molar-refractivity contribution in [3.8, 4) is 11.5 Å². The van der Waals surface area contributed by atoms with Gasteiger partial charge in [-0.1, -0.05) is 42.5 Å². The largest absolute Gasteiger partial charge is 0.454 e. The van der Waals surface area contributed by atoms with Gasteiger partial charge in [0.25, 0.3) is 5.91 Å². The van der Waals surface area contributed by atoms with Crippen LogP contribution in [0.2, 0.25) is 0 Å². The van der Waals surface area contributed by atoms with Crippen LogP contribution in [0.3, 0.4) is 0 Å². The topological polar surface area (TPSA) is 75.7 Å². The molecule has 4 rings (SSSR count). The van der Waals surface area contributed by atoms with Gasteiger partial charge in [0.2, 0.25) is 10.0 Å². The minimum atomic E-state index is -3.60. The van der Waals surface area contributed by atoms with Gasteiger partial charge < -0.3 is 9.64 Å². The van der Waals surface area contributed by atoms with Crippen molar-refractivity contribution < 1.29 is 17.9 Å². The highest BCUT2D eigenvalue weighted by Gasteiger charge is 2.27. The molecule has 148 valence electrons. The Morgan fingerprint density at radius 1 is 0.931 bits per heavy atom. The molecule has 0 aliphatic carbocycles. The average Bonchev–Trinajstić information content (AvgIpc) is 2.81. The molecule has 0 unspecified atom stereocenters. The van der Waals surface area contributed by atoms with E-state index in [0.717, 1.165) is 0 Å². The summed E-state index contributed by atoms with van der Waals surface area (Å²) in [7, 11) is -3.60. The minimum Gasteiger partial charge on any atom is -0.454 e. The zero-order valence-electron chi connectivity index (χ0n) is 15.8. The smallest absolute Gasteiger partial charge is 0.262 e. The third-order valence-electron chi connectivity index (χ3n) is 4.62. The van der Waals surface area contributed by atoms with Gasteiger partial charge in [-0.25, -0.2) is 8.42 Å². The van der Waals surface area contributed by atoms with Crippen molar-refractivity contribution in [1.29, 1.82) is 0 Å². The van der Waals surface area contributed by atoms with Crippen LogP contribution < -0.4 is 14.4 Å². The predicted molar refractivity (Wildman–Crippen MR) is 113 cm³/mol. The Balaban J connectivity index is 1.67. The summed E-state index contributed by atoms with van der Waals surface area (Å²) >= 11 is 0. The number of sulfonamides is 1. The lowest BCUT2D eigenvalue weighted by Crippen LogP contribution is -2.29. The normalized spacial score (nSPS) is 13.1. The van der Waals surface area contributed by atoms with Crippen molar-refractivity contribution in [3.63, 3.8) is 0 Å². The molecule has 0 atom stereocenters. The fraction of sp³-hybridized carbons (Fsp3) is 0.136. The molecule has 0 saturated carbocycles. The molecule has 6 nitrogen and oxygen atoms in total. The molecule has 0 bridgehead atoms. The lowest BCUT2D eigenvalue weighted by Gasteiger charge is -2.20. The maximum absolute atomic E-state index is 12.9. The molecule has 29 heavy (non-hydrogen) atoms. The molecule has 1 N–H and O–H groups in total. The number of hydrogen-bond donors (Lipinski definition) is 1. The number of hydrogen-bond acceptors (Lipinski definition) is 4. The van der Waals surface area contributed by atoms with E-state index < -0.39 is 10.0 Å². The van der Waals surface area contributed by atoms with E-state index in [4.69, 9.17) is 4.74 Å². The molecule has 1 aliphatic heterocycles. The minimum absolute atomic E-state index is 0.131. The first-order valence-corrected chi connectivity index (χ1v) is 10.9. The van der Waals surface area contributed by atoms with Crippen LogP contribution in [0.5, 0.6) is 11.5 Å². The lowest BCUT2D eigenvalue weighted by atomic mass is 10.1. The molecular formula is C22H20N2O4S. The number of fused-ring (bicyclic) bond motifs is 2. The third-order valence-corrected chi connectivity index (χ3v) is 5.88. The lowest BCUT2D eigenvalue weighted by molar-refractivity contribution is 0.0988. The summed E-state index contributed by atoms with van der Waals surface area (Å²) in [6.07, 6.45) is 0. The monoisotopic (exact) mass is 408 g/mol. The van der Waals surface area contributed by atoms with Crippen molar-refractivity contribution in [2.75, 3.05) is 16.2 Å². The van der Waals surface area contributed by atoms with Gasteiger partial charge in [0.15, 0.2) is 5.75 Å². The summed E-state index contributed by atoms with van der Waals surface area (Å²) in [4.78, 5) is 14.5. The molecule has 1 aliphatic rings. The first-order chi connectivity index (χ1) is 14.0. The van der Waals surface area contributed by atoms with Gasteiger partial charge in [0.1, 0.15) is 5.75 Å². The van der Waals surface area contributed by atoms with Gasteiger partial charge in [0.05, 0.1) is 22.7 Å².